The van der Waals surface area contributed by atoms with Crippen LogP contribution in [-0.2, 0) is 6.54 Å². The Balaban J connectivity index is 1.91. The van der Waals surface area contributed by atoms with Gasteiger partial charge in [0.2, 0.25) is 0 Å². The van der Waals surface area contributed by atoms with E-state index in [-0.39, 0.29) is 5.82 Å². The lowest BCUT2D eigenvalue weighted by molar-refractivity contribution is 0.568. The second-order valence-electron chi connectivity index (χ2n) is 5.15. The van der Waals surface area contributed by atoms with Crippen LogP contribution in [0.5, 0.6) is 0 Å². The molecule has 1 heterocycles. The van der Waals surface area contributed by atoms with Crippen LogP contribution in [0.15, 0.2) is 52.9 Å². The van der Waals surface area contributed by atoms with Crippen LogP contribution >= 0.6 is 0 Å². The van der Waals surface area contributed by atoms with E-state index in [2.05, 4.69) is 24.4 Å². The molecule has 2 nitrogen and oxygen atoms in total. The number of benzene rings is 2. The van der Waals surface area contributed by atoms with Crippen LogP contribution in [0.25, 0.3) is 22.3 Å². The molecule has 0 saturated heterocycles. The van der Waals surface area contributed by atoms with E-state index in [9.17, 15) is 4.39 Å². The first kappa shape index (κ1) is 13.8. The monoisotopic (exact) mass is 283 g/mol. The zero-order valence-corrected chi connectivity index (χ0v) is 12.0. The van der Waals surface area contributed by atoms with Gasteiger partial charge in [0.15, 0.2) is 11.4 Å². The van der Waals surface area contributed by atoms with Crippen molar-refractivity contribution in [2.45, 2.75) is 19.9 Å². The van der Waals surface area contributed by atoms with E-state index in [0.29, 0.717) is 11.3 Å². The van der Waals surface area contributed by atoms with E-state index in [1.807, 2.05) is 24.3 Å². The molecular formula is C18H18FNO. The van der Waals surface area contributed by atoms with Crippen molar-refractivity contribution in [3.8, 4) is 11.3 Å². The molecule has 0 radical (unpaired) electrons. The zero-order valence-electron chi connectivity index (χ0n) is 12.0. The summed E-state index contributed by atoms with van der Waals surface area (Å²) in [5.74, 6) is 0.381. The van der Waals surface area contributed by atoms with Crippen LogP contribution in [0.1, 0.15) is 18.9 Å². The van der Waals surface area contributed by atoms with E-state index in [4.69, 9.17) is 4.42 Å². The molecule has 21 heavy (non-hydrogen) atoms. The summed E-state index contributed by atoms with van der Waals surface area (Å²) in [6.45, 7) is 3.97. The van der Waals surface area contributed by atoms with E-state index in [1.165, 1.54) is 11.6 Å². The summed E-state index contributed by atoms with van der Waals surface area (Å²) < 4.78 is 19.4. The summed E-state index contributed by atoms with van der Waals surface area (Å²) in [5.41, 5.74) is 2.49. The van der Waals surface area contributed by atoms with Gasteiger partial charge in [-0.25, -0.2) is 4.39 Å². The maximum absolute atomic E-state index is 13.7. The molecule has 1 aromatic heterocycles. The van der Waals surface area contributed by atoms with Crippen molar-refractivity contribution in [3.05, 3.63) is 59.9 Å². The lowest BCUT2D eigenvalue weighted by Crippen LogP contribution is -2.13. The molecular weight excluding hydrogens is 265 g/mol. The highest BCUT2D eigenvalue weighted by Gasteiger charge is 2.09. The number of rotatable bonds is 5. The van der Waals surface area contributed by atoms with Crippen molar-refractivity contribution in [2.24, 2.45) is 0 Å². The largest absolute Gasteiger partial charge is 0.453 e. The normalized spacial score (nSPS) is 11.1. The molecule has 3 rings (SSSR count). The van der Waals surface area contributed by atoms with Crippen molar-refractivity contribution in [1.29, 1.82) is 0 Å². The van der Waals surface area contributed by atoms with Crippen molar-refractivity contribution >= 4 is 11.0 Å². The van der Waals surface area contributed by atoms with Crippen LogP contribution in [-0.4, -0.2) is 6.54 Å². The van der Waals surface area contributed by atoms with Gasteiger partial charge in [-0.05, 0) is 36.7 Å². The van der Waals surface area contributed by atoms with Gasteiger partial charge in [-0.3, -0.25) is 0 Å². The Kier molecular flexibility index (Phi) is 4.02. The highest BCUT2D eigenvalue weighted by Crippen LogP contribution is 2.29. The first-order valence-electron chi connectivity index (χ1n) is 7.26. The standard InChI is InChI=1S/C18H18FNO/c1-2-9-20-12-13-5-3-6-14(10-13)17-11-15-7-4-8-16(19)18(15)21-17/h3-8,10-11,20H,2,9,12H2,1H3. The van der Waals surface area contributed by atoms with Gasteiger partial charge in [-0.1, -0.05) is 37.3 Å². The highest BCUT2D eigenvalue weighted by molar-refractivity contribution is 5.83. The molecule has 0 atom stereocenters. The molecule has 3 heteroatoms. The summed E-state index contributed by atoms with van der Waals surface area (Å²) in [6, 6.07) is 15.0. The molecule has 0 fully saturated rings. The fraction of sp³-hybridized carbons (Fsp3) is 0.222. The number of para-hydroxylation sites is 1. The number of hydrogen-bond donors (Lipinski definition) is 1. The highest BCUT2D eigenvalue weighted by atomic mass is 19.1. The quantitative estimate of drug-likeness (QED) is 0.684. The van der Waals surface area contributed by atoms with Crippen LogP contribution < -0.4 is 5.32 Å². The van der Waals surface area contributed by atoms with E-state index < -0.39 is 0 Å². The minimum Gasteiger partial charge on any atom is -0.453 e. The van der Waals surface area contributed by atoms with Gasteiger partial charge < -0.3 is 9.73 Å². The average Bonchev–Trinajstić information content (AvgIpc) is 2.94. The van der Waals surface area contributed by atoms with Crippen LogP contribution in [0, 0.1) is 5.82 Å². The molecule has 0 bridgehead atoms. The van der Waals surface area contributed by atoms with Crippen LogP contribution in [0.4, 0.5) is 4.39 Å². The fourth-order valence-corrected chi connectivity index (χ4v) is 2.41. The number of fused-ring (bicyclic) bond motifs is 1. The van der Waals surface area contributed by atoms with Gasteiger partial charge in [0.05, 0.1) is 0 Å². The first-order chi connectivity index (χ1) is 10.3. The Hall–Kier alpha value is -2.13. The van der Waals surface area contributed by atoms with Crippen molar-refractivity contribution in [3.63, 3.8) is 0 Å². The Morgan fingerprint density at radius 3 is 2.76 bits per heavy atom. The van der Waals surface area contributed by atoms with Crippen LogP contribution in [0.2, 0.25) is 0 Å². The predicted molar refractivity (Wildman–Crippen MR) is 83.6 cm³/mol. The molecule has 0 aliphatic carbocycles. The molecule has 0 aliphatic heterocycles. The van der Waals surface area contributed by atoms with Gasteiger partial charge in [-0.2, -0.15) is 0 Å². The maximum Gasteiger partial charge on any atom is 0.170 e. The SMILES string of the molecule is CCCNCc1cccc(-c2cc3cccc(F)c3o2)c1. The minimum absolute atomic E-state index is 0.320. The van der Waals surface area contributed by atoms with Crippen molar-refractivity contribution < 1.29 is 8.81 Å². The molecule has 0 saturated carbocycles. The van der Waals surface area contributed by atoms with Crippen LogP contribution in [0.3, 0.4) is 0 Å². The average molecular weight is 283 g/mol. The summed E-state index contributed by atoms with van der Waals surface area (Å²) in [7, 11) is 0. The minimum atomic E-state index is -0.320. The van der Waals surface area contributed by atoms with E-state index in [0.717, 1.165) is 30.5 Å². The van der Waals surface area contributed by atoms with Gasteiger partial charge >= 0.3 is 0 Å². The van der Waals surface area contributed by atoms with E-state index >= 15 is 0 Å². The Bertz CT molecular complexity index is 748. The molecule has 0 aliphatic rings. The first-order valence-corrected chi connectivity index (χ1v) is 7.26. The van der Waals surface area contributed by atoms with E-state index in [1.54, 1.807) is 6.07 Å². The second-order valence-corrected chi connectivity index (χ2v) is 5.15. The smallest absolute Gasteiger partial charge is 0.170 e. The van der Waals surface area contributed by atoms with Gasteiger partial charge in [0.25, 0.3) is 0 Å². The predicted octanol–water partition coefficient (Wildman–Crippen LogP) is 4.74. The van der Waals surface area contributed by atoms with Gasteiger partial charge in [-0.15, -0.1) is 0 Å². The Morgan fingerprint density at radius 1 is 1.10 bits per heavy atom. The molecule has 2 aromatic carbocycles. The third-order valence-corrected chi connectivity index (χ3v) is 3.46. The van der Waals surface area contributed by atoms with Crippen molar-refractivity contribution in [1.82, 2.24) is 5.32 Å². The fourth-order valence-electron chi connectivity index (χ4n) is 2.41. The third-order valence-electron chi connectivity index (χ3n) is 3.46. The lowest BCUT2D eigenvalue weighted by Gasteiger charge is -2.04. The lowest BCUT2D eigenvalue weighted by atomic mass is 10.1. The Morgan fingerprint density at radius 2 is 1.95 bits per heavy atom. The topological polar surface area (TPSA) is 25.2 Å². The third kappa shape index (κ3) is 2.98. The molecule has 108 valence electrons. The summed E-state index contributed by atoms with van der Waals surface area (Å²) in [5, 5.41) is 4.17. The number of nitrogens with one attached hydrogen (secondary N) is 1. The molecule has 3 aromatic rings. The summed E-state index contributed by atoms with van der Waals surface area (Å²) >= 11 is 0. The summed E-state index contributed by atoms with van der Waals surface area (Å²) in [6.07, 6.45) is 1.11. The molecule has 0 unspecified atom stereocenters. The number of halogens is 1. The van der Waals surface area contributed by atoms with Gasteiger partial charge in [0, 0.05) is 17.5 Å². The summed E-state index contributed by atoms with van der Waals surface area (Å²) in [4.78, 5) is 0. The Labute approximate surface area is 123 Å². The number of hydrogen-bond acceptors (Lipinski definition) is 2. The zero-order chi connectivity index (χ0) is 14.7. The maximum atomic E-state index is 13.7. The molecule has 1 N–H and O–H groups in total. The number of furan rings is 1. The van der Waals surface area contributed by atoms with Crippen molar-refractivity contribution in [2.75, 3.05) is 6.54 Å². The molecule has 0 amide bonds. The van der Waals surface area contributed by atoms with Gasteiger partial charge in [0.1, 0.15) is 5.76 Å². The molecule has 0 spiro atoms. The second kappa shape index (κ2) is 6.10.